The Labute approximate surface area is 127 Å². The van der Waals surface area contributed by atoms with E-state index in [-0.39, 0.29) is 5.91 Å². The number of carbonyl (C=O) groups is 1. The normalized spacial score (nSPS) is 19.5. The van der Waals surface area contributed by atoms with Gasteiger partial charge in [0.15, 0.2) is 0 Å². The van der Waals surface area contributed by atoms with Crippen molar-refractivity contribution in [2.24, 2.45) is 0 Å². The number of nitrogens with zero attached hydrogens (tertiary/aromatic N) is 2. The zero-order valence-corrected chi connectivity index (χ0v) is 13.0. The van der Waals surface area contributed by atoms with E-state index in [1.165, 1.54) is 0 Å². The molecule has 2 aromatic rings. The molecule has 3 heterocycles. The molecule has 5 nitrogen and oxygen atoms in total. The number of rotatable bonds is 2. The molecule has 3 rings (SSSR count). The van der Waals surface area contributed by atoms with Crippen LogP contribution in [0.3, 0.4) is 0 Å². The molecule has 1 amide bonds. The van der Waals surface area contributed by atoms with Crippen LogP contribution in [0.4, 0.5) is 0 Å². The molecule has 21 heavy (non-hydrogen) atoms. The van der Waals surface area contributed by atoms with E-state index in [4.69, 9.17) is 8.94 Å². The molecule has 0 aliphatic carbocycles. The van der Waals surface area contributed by atoms with Crippen molar-refractivity contribution in [3.63, 3.8) is 0 Å². The van der Waals surface area contributed by atoms with Gasteiger partial charge in [-0.25, -0.2) is 0 Å². The van der Waals surface area contributed by atoms with E-state index >= 15 is 0 Å². The van der Waals surface area contributed by atoms with Gasteiger partial charge in [0.25, 0.3) is 5.91 Å². The SMILES string of the molecule is Cc1noc(C)c1C(=O)N1CCS[C@H](c2ccco2)CC1. The lowest BCUT2D eigenvalue weighted by Gasteiger charge is -2.19. The van der Waals surface area contributed by atoms with E-state index in [0.717, 1.165) is 31.0 Å². The summed E-state index contributed by atoms with van der Waals surface area (Å²) in [5.74, 6) is 2.51. The van der Waals surface area contributed by atoms with Crippen LogP contribution in [0.5, 0.6) is 0 Å². The highest BCUT2D eigenvalue weighted by molar-refractivity contribution is 7.99. The van der Waals surface area contributed by atoms with Gasteiger partial charge in [-0.05, 0) is 32.4 Å². The molecule has 0 radical (unpaired) electrons. The fourth-order valence-electron chi connectivity index (χ4n) is 2.62. The smallest absolute Gasteiger partial charge is 0.259 e. The van der Waals surface area contributed by atoms with E-state index in [1.807, 2.05) is 35.7 Å². The maximum absolute atomic E-state index is 12.6. The number of hydrogen-bond acceptors (Lipinski definition) is 5. The average molecular weight is 306 g/mol. The van der Waals surface area contributed by atoms with Crippen molar-refractivity contribution in [2.45, 2.75) is 25.5 Å². The van der Waals surface area contributed by atoms with E-state index in [1.54, 1.807) is 13.2 Å². The second-order valence-corrected chi connectivity index (χ2v) is 6.47. The Bertz CT molecular complexity index is 601. The Kier molecular flexibility index (Phi) is 4.05. The van der Waals surface area contributed by atoms with Gasteiger partial charge in [0, 0.05) is 18.8 Å². The summed E-state index contributed by atoms with van der Waals surface area (Å²) in [6.07, 6.45) is 2.60. The zero-order valence-electron chi connectivity index (χ0n) is 12.2. The van der Waals surface area contributed by atoms with Crippen LogP contribution < -0.4 is 0 Å². The van der Waals surface area contributed by atoms with Gasteiger partial charge in [0.2, 0.25) is 0 Å². The van der Waals surface area contributed by atoms with Crippen LogP contribution >= 0.6 is 11.8 Å². The number of carbonyl (C=O) groups excluding carboxylic acids is 1. The Morgan fingerprint density at radius 1 is 1.43 bits per heavy atom. The summed E-state index contributed by atoms with van der Waals surface area (Å²) in [5, 5.41) is 4.19. The second kappa shape index (κ2) is 5.97. The largest absolute Gasteiger partial charge is 0.468 e. The summed E-state index contributed by atoms with van der Waals surface area (Å²) in [5.41, 5.74) is 1.27. The standard InChI is InChI=1S/C15H18N2O3S/c1-10-14(11(2)20-16-10)15(18)17-6-5-13(21-9-7-17)12-4-3-8-19-12/h3-4,8,13H,5-7,9H2,1-2H3/t13-/m0/s1. The van der Waals surface area contributed by atoms with Crippen molar-refractivity contribution in [1.82, 2.24) is 10.1 Å². The molecular formula is C15H18N2O3S. The summed E-state index contributed by atoms with van der Waals surface area (Å²) < 4.78 is 10.6. The minimum Gasteiger partial charge on any atom is -0.468 e. The fraction of sp³-hybridized carbons (Fsp3) is 0.467. The van der Waals surface area contributed by atoms with Crippen molar-refractivity contribution >= 4 is 17.7 Å². The van der Waals surface area contributed by atoms with Crippen molar-refractivity contribution < 1.29 is 13.7 Å². The molecule has 0 unspecified atom stereocenters. The van der Waals surface area contributed by atoms with Crippen molar-refractivity contribution in [3.05, 3.63) is 41.2 Å². The van der Waals surface area contributed by atoms with Crippen molar-refractivity contribution in [3.8, 4) is 0 Å². The van der Waals surface area contributed by atoms with Gasteiger partial charge in [0.05, 0.1) is 17.2 Å². The topological polar surface area (TPSA) is 59.5 Å². The Balaban J connectivity index is 1.72. The van der Waals surface area contributed by atoms with Crippen LogP contribution in [0, 0.1) is 13.8 Å². The third kappa shape index (κ3) is 2.85. The molecule has 0 bridgehead atoms. The third-order valence-electron chi connectivity index (χ3n) is 3.74. The van der Waals surface area contributed by atoms with Crippen LogP contribution in [0.15, 0.2) is 27.3 Å². The maximum atomic E-state index is 12.6. The summed E-state index contributed by atoms with van der Waals surface area (Å²) in [4.78, 5) is 14.5. The van der Waals surface area contributed by atoms with Crippen molar-refractivity contribution in [1.29, 1.82) is 0 Å². The monoisotopic (exact) mass is 306 g/mol. The summed E-state index contributed by atoms with van der Waals surface area (Å²) in [6, 6.07) is 3.91. The average Bonchev–Trinajstić information content (AvgIpc) is 3.03. The molecule has 6 heteroatoms. The van der Waals surface area contributed by atoms with Gasteiger partial charge >= 0.3 is 0 Å². The third-order valence-corrected chi connectivity index (χ3v) is 5.03. The first-order valence-corrected chi connectivity index (χ1v) is 8.09. The zero-order chi connectivity index (χ0) is 14.8. The van der Waals surface area contributed by atoms with Crippen LogP contribution in [-0.4, -0.2) is 34.8 Å². The van der Waals surface area contributed by atoms with Gasteiger partial charge in [-0.15, -0.1) is 11.8 Å². The first kappa shape index (κ1) is 14.3. The highest BCUT2D eigenvalue weighted by Gasteiger charge is 2.27. The Morgan fingerprint density at radius 3 is 2.95 bits per heavy atom. The lowest BCUT2D eigenvalue weighted by Crippen LogP contribution is -2.33. The summed E-state index contributed by atoms with van der Waals surface area (Å²) in [7, 11) is 0. The van der Waals surface area contributed by atoms with E-state index in [9.17, 15) is 4.79 Å². The summed E-state index contributed by atoms with van der Waals surface area (Å²) in [6.45, 7) is 5.06. The molecule has 1 fully saturated rings. The maximum Gasteiger partial charge on any atom is 0.259 e. The second-order valence-electron chi connectivity index (χ2n) is 5.15. The van der Waals surface area contributed by atoms with Crippen molar-refractivity contribution in [2.75, 3.05) is 18.8 Å². The molecule has 0 spiro atoms. The lowest BCUT2D eigenvalue weighted by molar-refractivity contribution is 0.0763. The Morgan fingerprint density at radius 2 is 2.29 bits per heavy atom. The minimum atomic E-state index is 0.0203. The van der Waals surface area contributed by atoms with Crippen LogP contribution in [0.1, 0.15) is 39.2 Å². The first-order chi connectivity index (χ1) is 10.2. The molecule has 1 aliphatic heterocycles. The molecule has 0 N–H and O–H groups in total. The Hall–Kier alpha value is -1.69. The fourth-order valence-corrected chi connectivity index (χ4v) is 3.80. The molecule has 1 atom stereocenters. The van der Waals surface area contributed by atoms with Gasteiger partial charge in [0.1, 0.15) is 17.1 Å². The van der Waals surface area contributed by atoms with Gasteiger partial charge in [-0.3, -0.25) is 4.79 Å². The minimum absolute atomic E-state index is 0.0203. The molecular weight excluding hydrogens is 288 g/mol. The van der Waals surface area contributed by atoms with Gasteiger partial charge in [-0.2, -0.15) is 0 Å². The van der Waals surface area contributed by atoms with Crippen LogP contribution in [-0.2, 0) is 0 Å². The highest BCUT2D eigenvalue weighted by atomic mass is 32.2. The molecule has 1 saturated heterocycles. The van der Waals surface area contributed by atoms with Crippen LogP contribution in [0.25, 0.3) is 0 Å². The molecule has 112 valence electrons. The number of hydrogen-bond donors (Lipinski definition) is 0. The lowest BCUT2D eigenvalue weighted by atomic mass is 10.1. The highest BCUT2D eigenvalue weighted by Crippen LogP contribution is 2.34. The molecule has 2 aromatic heterocycles. The number of amides is 1. The quantitative estimate of drug-likeness (QED) is 0.852. The van der Waals surface area contributed by atoms with Gasteiger partial charge < -0.3 is 13.8 Å². The first-order valence-electron chi connectivity index (χ1n) is 7.04. The van der Waals surface area contributed by atoms with Gasteiger partial charge in [-0.1, -0.05) is 5.16 Å². The predicted molar refractivity (Wildman–Crippen MR) is 80.4 cm³/mol. The molecule has 1 aliphatic rings. The van der Waals surface area contributed by atoms with E-state index < -0.39 is 0 Å². The number of thioether (sulfide) groups is 1. The van der Waals surface area contributed by atoms with Crippen LogP contribution in [0.2, 0.25) is 0 Å². The number of aryl methyl sites for hydroxylation is 2. The number of furan rings is 1. The predicted octanol–water partition coefficient (Wildman–Crippen LogP) is 3.20. The van der Waals surface area contributed by atoms with E-state index in [0.29, 0.717) is 22.3 Å². The number of aromatic nitrogens is 1. The molecule has 0 aromatic carbocycles. The van der Waals surface area contributed by atoms with E-state index in [2.05, 4.69) is 5.16 Å². The molecule has 0 saturated carbocycles. The summed E-state index contributed by atoms with van der Waals surface area (Å²) >= 11 is 1.84.